The minimum atomic E-state index is 0.998. The molecule has 0 unspecified atom stereocenters. The van der Waals surface area contributed by atoms with Crippen LogP contribution in [0.3, 0.4) is 0 Å². The second kappa shape index (κ2) is 9.96. The van der Waals surface area contributed by atoms with Crippen molar-refractivity contribution in [3.8, 4) is 0 Å². The second-order valence-electron chi connectivity index (χ2n) is 2.34. The van der Waals surface area contributed by atoms with Crippen molar-refractivity contribution in [2.75, 3.05) is 0 Å². The highest BCUT2D eigenvalue weighted by atomic mass is 13.8. The molecule has 0 aliphatic rings. The molecule has 0 aliphatic carbocycles. The first kappa shape index (κ1) is 11.0. The van der Waals surface area contributed by atoms with Crippen molar-refractivity contribution in [1.82, 2.24) is 0 Å². The molecule has 0 N–H and O–H groups in total. The third kappa shape index (κ3) is 8.96. The first-order valence-electron chi connectivity index (χ1n) is 4.30. The van der Waals surface area contributed by atoms with Gasteiger partial charge in [0, 0.05) is 0 Å². The molecule has 1 radical (unpaired) electrons. The molecule has 0 aromatic rings. The van der Waals surface area contributed by atoms with Crippen LogP contribution in [-0.2, 0) is 0 Å². The van der Waals surface area contributed by atoms with Crippen LogP contribution in [0.15, 0.2) is 48.6 Å². The average molecular weight is 161 g/mol. The highest BCUT2D eigenvalue weighted by Crippen LogP contribution is 1.92. The monoisotopic (exact) mass is 161 g/mol. The molecule has 0 rings (SSSR count). The maximum atomic E-state index is 2.12. The fourth-order valence-corrected chi connectivity index (χ4v) is 0.679. The summed E-state index contributed by atoms with van der Waals surface area (Å²) in [7, 11) is 0. The summed E-state index contributed by atoms with van der Waals surface area (Å²) in [4.78, 5) is 0. The van der Waals surface area contributed by atoms with Gasteiger partial charge < -0.3 is 0 Å². The summed E-state index contributed by atoms with van der Waals surface area (Å²) in [6.45, 7) is 4.02. The van der Waals surface area contributed by atoms with Gasteiger partial charge in [0.05, 0.1) is 0 Å². The fourth-order valence-electron chi connectivity index (χ4n) is 0.679. The molecule has 0 saturated heterocycles. The van der Waals surface area contributed by atoms with Gasteiger partial charge in [-0.15, -0.1) is 0 Å². The molecule has 12 heavy (non-hydrogen) atoms. The Labute approximate surface area is 76.0 Å². The van der Waals surface area contributed by atoms with E-state index in [1.807, 2.05) is 44.2 Å². The molecule has 0 atom stereocenters. The third-order valence-electron chi connectivity index (χ3n) is 1.26. The predicted molar refractivity (Wildman–Crippen MR) is 56.8 cm³/mol. The number of rotatable bonds is 5. The van der Waals surface area contributed by atoms with E-state index in [0.29, 0.717) is 0 Å². The molecule has 0 fully saturated rings. The van der Waals surface area contributed by atoms with E-state index in [0.717, 1.165) is 6.42 Å². The van der Waals surface area contributed by atoms with Crippen molar-refractivity contribution in [1.29, 1.82) is 0 Å². The van der Waals surface area contributed by atoms with E-state index in [2.05, 4.69) is 24.6 Å². The predicted octanol–water partition coefficient (Wildman–Crippen LogP) is 3.85. The van der Waals surface area contributed by atoms with E-state index in [4.69, 9.17) is 0 Å². The second-order valence-corrected chi connectivity index (χ2v) is 2.34. The molecule has 0 heterocycles. The van der Waals surface area contributed by atoms with Gasteiger partial charge in [-0.1, -0.05) is 48.6 Å². The lowest BCUT2D eigenvalue weighted by Gasteiger charge is -1.82. The number of allylic oxidation sites excluding steroid dienone is 8. The summed E-state index contributed by atoms with van der Waals surface area (Å²) in [5, 5.41) is 0. The van der Waals surface area contributed by atoms with Crippen LogP contribution in [0.2, 0.25) is 0 Å². The Kier molecular flexibility index (Phi) is 9.10. The molecule has 0 amide bonds. The summed E-state index contributed by atoms with van der Waals surface area (Å²) in [5.74, 6) is 0. The van der Waals surface area contributed by atoms with Gasteiger partial charge in [0.2, 0.25) is 0 Å². The van der Waals surface area contributed by atoms with Crippen molar-refractivity contribution in [3.05, 3.63) is 55.0 Å². The van der Waals surface area contributed by atoms with Gasteiger partial charge >= 0.3 is 0 Å². The zero-order chi connectivity index (χ0) is 9.07. The first-order valence-corrected chi connectivity index (χ1v) is 4.30. The number of hydrogen-bond donors (Lipinski definition) is 0. The molecular weight excluding hydrogens is 144 g/mol. The Hall–Kier alpha value is -1.04. The van der Waals surface area contributed by atoms with Crippen molar-refractivity contribution in [2.24, 2.45) is 0 Å². The molecule has 0 spiro atoms. The van der Waals surface area contributed by atoms with E-state index >= 15 is 0 Å². The number of hydrogen-bond acceptors (Lipinski definition) is 0. The Balaban J connectivity index is 3.32. The summed E-state index contributed by atoms with van der Waals surface area (Å²) in [6, 6.07) is 0. The molecular formula is C12H17. The molecule has 0 bridgehead atoms. The van der Waals surface area contributed by atoms with E-state index in [9.17, 15) is 0 Å². The van der Waals surface area contributed by atoms with Crippen molar-refractivity contribution in [3.63, 3.8) is 0 Å². The van der Waals surface area contributed by atoms with Gasteiger partial charge in [-0.05, 0) is 26.7 Å². The summed E-state index contributed by atoms with van der Waals surface area (Å²) in [6.07, 6.45) is 19.5. The van der Waals surface area contributed by atoms with E-state index in [1.54, 1.807) is 0 Å². The Morgan fingerprint density at radius 3 is 2.08 bits per heavy atom. The summed E-state index contributed by atoms with van der Waals surface area (Å²) >= 11 is 0. The van der Waals surface area contributed by atoms with E-state index < -0.39 is 0 Å². The Morgan fingerprint density at radius 1 is 0.750 bits per heavy atom. The highest BCUT2D eigenvalue weighted by molar-refractivity contribution is 5.10. The average Bonchev–Trinajstić information content (AvgIpc) is 2.10. The molecule has 0 aliphatic heterocycles. The fraction of sp³-hybridized carbons (Fsp3) is 0.250. The van der Waals surface area contributed by atoms with Crippen LogP contribution in [0, 0.1) is 6.42 Å². The Morgan fingerprint density at radius 2 is 1.42 bits per heavy atom. The van der Waals surface area contributed by atoms with Gasteiger partial charge in [0.25, 0.3) is 0 Å². The van der Waals surface area contributed by atoms with Crippen molar-refractivity contribution >= 4 is 0 Å². The SMILES string of the molecule is CC=CC=C[CH]CC=CC=CC. The molecule has 0 saturated carbocycles. The molecule has 0 nitrogen and oxygen atoms in total. The smallest absolute Gasteiger partial charge is 0.0130 e. The lowest BCUT2D eigenvalue weighted by molar-refractivity contribution is 1.29. The van der Waals surface area contributed by atoms with Crippen LogP contribution in [0.1, 0.15) is 20.3 Å². The molecule has 0 aromatic heterocycles. The Bertz CT molecular complexity index is 158. The molecule has 0 heteroatoms. The topological polar surface area (TPSA) is 0 Å². The van der Waals surface area contributed by atoms with Crippen LogP contribution in [0.25, 0.3) is 0 Å². The standard InChI is InChI=1S/C12H17/c1-3-5-7-9-11-12-10-8-6-4-2/h3-11H,12H2,1-2H3. The van der Waals surface area contributed by atoms with Crippen LogP contribution >= 0.6 is 0 Å². The first-order chi connectivity index (χ1) is 5.91. The highest BCUT2D eigenvalue weighted by Gasteiger charge is 1.73. The summed E-state index contributed by atoms with van der Waals surface area (Å²) < 4.78 is 0. The van der Waals surface area contributed by atoms with Crippen molar-refractivity contribution in [2.45, 2.75) is 20.3 Å². The van der Waals surface area contributed by atoms with Gasteiger partial charge in [-0.3, -0.25) is 0 Å². The molecule has 65 valence electrons. The van der Waals surface area contributed by atoms with Gasteiger partial charge in [0.15, 0.2) is 0 Å². The summed E-state index contributed by atoms with van der Waals surface area (Å²) in [5.41, 5.74) is 0. The quantitative estimate of drug-likeness (QED) is 0.424. The maximum absolute atomic E-state index is 2.12. The van der Waals surface area contributed by atoms with Gasteiger partial charge in [-0.2, -0.15) is 0 Å². The van der Waals surface area contributed by atoms with Crippen LogP contribution in [0.4, 0.5) is 0 Å². The largest absolute Gasteiger partial charge is 0.0877 e. The van der Waals surface area contributed by atoms with Gasteiger partial charge in [0.1, 0.15) is 0 Å². The number of unbranched alkanes of at least 4 members (excludes halogenated alkanes) is 1. The normalized spacial score (nSPS) is 13.2. The minimum absolute atomic E-state index is 0.998. The van der Waals surface area contributed by atoms with Crippen LogP contribution in [0.5, 0.6) is 0 Å². The zero-order valence-corrected chi connectivity index (χ0v) is 7.90. The zero-order valence-electron chi connectivity index (χ0n) is 7.90. The molecule has 0 aromatic carbocycles. The van der Waals surface area contributed by atoms with Crippen molar-refractivity contribution < 1.29 is 0 Å². The van der Waals surface area contributed by atoms with Gasteiger partial charge in [-0.25, -0.2) is 0 Å². The third-order valence-corrected chi connectivity index (χ3v) is 1.26. The van der Waals surface area contributed by atoms with E-state index in [1.165, 1.54) is 0 Å². The lowest BCUT2D eigenvalue weighted by Crippen LogP contribution is -1.64. The van der Waals surface area contributed by atoms with Crippen LogP contribution < -0.4 is 0 Å². The maximum Gasteiger partial charge on any atom is -0.0130 e. The lowest BCUT2D eigenvalue weighted by atomic mass is 10.2. The minimum Gasteiger partial charge on any atom is -0.0877 e. The van der Waals surface area contributed by atoms with E-state index in [-0.39, 0.29) is 0 Å². The van der Waals surface area contributed by atoms with Crippen LogP contribution in [-0.4, -0.2) is 0 Å².